The maximum atomic E-state index is 12.5. The molecule has 1 saturated heterocycles. The fourth-order valence-corrected chi connectivity index (χ4v) is 7.08. The molecular weight excluding hydrogens is 665 g/mol. The van der Waals surface area contributed by atoms with Crippen LogP contribution < -0.4 is 22.5 Å². The SMILES string of the molecule is NC(N)=NCCCCCCNC(=O)CCc1cn([C@H]2C[C@H](O)[C@@H](CO[P+](=O)OP(=O)(O)OP(=O)(O)OO)O2)c2ncnc(N)c12. The van der Waals surface area contributed by atoms with E-state index in [4.69, 9.17) is 36.6 Å². The van der Waals surface area contributed by atoms with Crippen molar-refractivity contribution in [1.29, 1.82) is 0 Å². The van der Waals surface area contributed by atoms with Crippen molar-refractivity contribution in [2.75, 3.05) is 25.4 Å². The Morgan fingerprint density at radius 1 is 1.20 bits per heavy atom. The number of anilines is 1. The molecule has 1 amide bonds. The van der Waals surface area contributed by atoms with Crippen LogP contribution >= 0.6 is 23.9 Å². The van der Waals surface area contributed by atoms with Gasteiger partial charge in [0.05, 0.1) is 11.5 Å². The van der Waals surface area contributed by atoms with E-state index in [1.54, 1.807) is 10.8 Å². The van der Waals surface area contributed by atoms with Crippen molar-refractivity contribution in [2.45, 2.75) is 63.4 Å². The summed E-state index contributed by atoms with van der Waals surface area (Å²) in [5.41, 5.74) is 17.7. The number of fused-ring (bicyclic) bond motifs is 1. The molecule has 11 N–H and O–H groups in total. The number of carbonyl (C=O) groups is 1. The van der Waals surface area contributed by atoms with Gasteiger partial charge in [-0.05, 0) is 29.1 Å². The minimum Gasteiger partial charge on any atom is -0.390 e. The van der Waals surface area contributed by atoms with Crippen molar-refractivity contribution in [1.82, 2.24) is 19.9 Å². The Labute approximate surface area is 257 Å². The lowest BCUT2D eigenvalue weighted by Gasteiger charge is -2.14. The molecule has 0 saturated carbocycles. The lowest BCUT2D eigenvalue weighted by atomic mass is 10.1. The van der Waals surface area contributed by atoms with Crippen molar-refractivity contribution in [3.05, 3.63) is 18.1 Å². The third-order valence-corrected chi connectivity index (χ3v) is 9.95. The highest BCUT2D eigenvalue weighted by Crippen LogP contribution is 2.63. The van der Waals surface area contributed by atoms with Crippen LogP contribution in [0.2, 0.25) is 0 Å². The normalized spacial score (nSPS) is 21.2. The summed E-state index contributed by atoms with van der Waals surface area (Å²) < 4.78 is 57.7. The Morgan fingerprint density at radius 2 is 1.93 bits per heavy atom. The molecule has 24 heteroatoms. The Morgan fingerprint density at radius 3 is 2.64 bits per heavy atom. The third kappa shape index (κ3) is 11.6. The number of nitrogens with two attached hydrogens (primary N) is 3. The van der Waals surface area contributed by atoms with Crippen LogP contribution in [0, 0.1) is 0 Å². The van der Waals surface area contributed by atoms with Gasteiger partial charge in [0.15, 0.2) is 5.96 Å². The van der Waals surface area contributed by atoms with E-state index < -0.39 is 48.9 Å². The van der Waals surface area contributed by atoms with Crippen LogP contribution in [0.4, 0.5) is 5.82 Å². The van der Waals surface area contributed by atoms with Gasteiger partial charge in [0.25, 0.3) is 0 Å². The number of ether oxygens (including phenoxy) is 1. The summed E-state index contributed by atoms with van der Waals surface area (Å²) in [6.07, 6.45) is 3.83. The molecule has 45 heavy (non-hydrogen) atoms. The number of unbranched alkanes of at least 4 members (excludes halogenated alkanes) is 3. The molecule has 1 fully saturated rings. The number of aliphatic hydroxyl groups excluding tert-OH is 1. The van der Waals surface area contributed by atoms with Crippen molar-refractivity contribution < 1.29 is 61.2 Å². The predicted molar refractivity (Wildman–Crippen MR) is 156 cm³/mol. The standard InChI is InChI=1S/C21H35N8O13P3/c22-19-18-13(5-6-16(31)25-7-3-1-2-4-8-26-21(23)24)10-29(20(18)28-12-27-19)17-9-14(30)15(39-17)11-38-43(33)41-45(36,37)42-44(34,35)40-32/h10,12,14-15,17,30H,1-9,11H2,(H9-,22,23,24,25,26,27,28,31,32,34,35,36,37)/p+1/t14-,15+,17+/m0/s1. The van der Waals surface area contributed by atoms with Gasteiger partial charge in [-0.3, -0.25) is 14.7 Å². The van der Waals surface area contributed by atoms with Gasteiger partial charge in [-0.1, -0.05) is 12.8 Å². The van der Waals surface area contributed by atoms with Crippen molar-refractivity contribution in [3.63, 3.8) is 0 Å². The highest BCUT2D eigenvalue weighted by Gasteiger charge is 2.46. The van der Waals surface area contributed by atoms with E-state index in [9.17, 15) is 28.5 Å². The number of hydrogen-bond donors (Lipinski definition) is 8. The van der Waals surface area contributed by atoms with Gasteiger partial charge in [0.1, 0.15) is 36.7 Å². The van der Waals surface area contributed by atoms with Gasteiger partial charge in [-0.25, -0.2) is 24.4 Å². The lowest BCUT2D eigenvalue weighted by molar-refractivity contribution is -0.157. The molecule has 1 aliphatic heterocycles. The van der Waals surface area contributed by atoms with E-state index >= 15 is 0 Å². The average Bonchev–Trinajstić information content (AvgIpc) is 3.51. The predicted octanol–water partition coefficient (Wildman–Crippen LogP) is 0.942. The molecule has 6 atom stereocenters. The number of nitrogens with one attached hydrogen (secondary N) is 1. The van der Waals surface area contributed by atoms with Crippen LogP contribution in [0.25, 0.3) is 11.0 Å². The molecular formula is C21H36N8O13P3+. The number of hydrogen-bond acceptors (Lipinski definition) is 15. The summed E-state index contributed by atoms with van der Waals surface area (Å²) in [7, 11) is -14.3. The van der Waals surface area contributed by atoms with Gasteiger partial charge < -0.3 is 41.8 Å². The Hall–Kier alpha value is -2.64. The minimum absolute atomic E-state index is 0.0222. The van der Waals surface area contributed by atoms with E-state index in [1.165, 1.54) is 6.33 Å². The fourth-order valence-electron chi connectivity index (χ4n) is 4.40. The molecule has 0 bridgehead atoms. The van der Waals surface area contributed by atoms with Crippen LogP contribution in [-0.2, 0) is 47.5 Å². The van der Waals surface area contributed by atoms with Gasteiger partial charge in [-0.15, -0.1) is 9.20 Å². The molecule has 3 heterocycles. The Kier molecular flexibility index (Phi) is 13.7. The molecule has 252 valence electrons. The molecule has 0 spiro atoms. The molecule has 3 rings (SSSR count). The number of rotatable bonds is 19. The number of amides is 1. The van der Waals surface area contributed by atoms with Crippen molar-refractivity contribution in [3.8, 4) is 0 Å². The van der Waals surface area contributed by atoms with Crippen LogP contribution in [0.15, 0.2) is 17.5 Å². The van der Waals surface area contributed by atoms with E-state index in [2.05, 4.69) is 33.6 Å². The van der Waals surface area contributed by atoms with Gasteiger partial charge >= 0.3 is 23.9 Å². The van der Waals surface area contributed by atoms with Crippen LogP contribution in [-0.4, -0.2) is 78.5 Å². The van der Waals surface area contributed by atoms with E-state index in [-0.39, 0.29) is 30.5 Å². The molecule has 2 aromatic rings. The summed E-state index contributed by atoms with van der Waals surface area (Å²) in [5, 5.41) is 22.1. The maximum absolute atomic E-state index is 12.5. The molecule has 0 aliphatic carbocycles. The first-order valence-electron chi connectivity index (χ1n) is 13.5. The molecule has 0 radical (unpaired) electrons. The maximum Gasteiger partial charge on any atom is 0.708 e. The smallest absolute Gasteiger partial charge is 0.390 e. The molecule has 21 nitrogen and oxygen atoms in total. The first kappa shape index (κ1) is 36.8. The second-order valence-electron chi connectivity index (χ2n) is 9.72. The number of nitrogens with zero attached hydrogens (tertiary/aromatic N) is 4. The number of aliphatic hydroxyl groups is 1. The number of guanidine groups is 1. The Balaban J connectivity index is 1.54. The summed E-state index contributed by atoms with van der Waals surface area (Å²) >= 11 is 0. The summed E-state index contributed by atoms with van der Waals surface area (Å²) in [4.78, 5) is 43.0. The topological polar surface area (TPSA) is 329 Å². The zero-order valence-electron chi connectivity index (χ0n) is 23.8. The van der Waals surface area contributed by atoms with Crippen molar-refractivity contribution >= 4 is 52.6 Å². The van der Waals surface area contributed by atoms with E-state index in [1.807, 2.05) is 0 Å². The number of aliphatic imine (C=N–C) groups is 1. The zero-order valence-corrected chi connectivity index (χ0v) is 26.5. The summed E-state index contributed by atoms with van der Waals surface area (Å²) in [5.74, 6) is 0.0871. The highest BCUT2D eigenvalue weighted by atomic mass is 31.3. The van der Waals surface area contributed by atoms with Gasteiger partial charge in [0, 0.05) is 36.7 Å². The monoisotopic (exact) mass is 701 g/mol. The zero-order chi connectivity index (χ0) is 33.2. The molecule has 1 aliphatic rings. The first-order chi connectivity index (χ1) is 21.2. The van der Waals surface area contributed by atoms with Gasteiger partial charge in [0.2, 0.25) is 5.91 Å². The average molecular weight is 701 g/mol. The van der Waals surface area contributed by atoms with Crippen LogP contribution in [0.3, 0.4) is 0 Å². The number of phosphoric acid groups is 2. The van der Waals surface area contributed by atoms with Crippen LogP contribution in [0.5, 0.6) is 0 Å². The molecule has 2 aromatic heterocycles. The third-order valence-electron chi connectivity index (χ3n) is 6.38. The first-order valence-corrected chi connectivity index (χ1v) is 17.6. The number of nitrogen functional groups attached to an aromatic ring is 1. The second kappa shape index (κ2) is 16.8. The second-order valence-corrected chi connectivity index (χ2v) is 13.8. The summed E-state index contributed by atoms with van der Waals surface area (Å²) in [6, 6.07) is 0. The van der Waals surface area contributed by atoms with E-state index in [0.717, 1.165) is 25.7 Å². The lowest BCUT2D eigenvalue weighted by Crippen LogP contribution is -2.25. The Bertz CT molecular complexity index is 1460. The molecule has 3 unspecified atom stereocenters. The summed E-state index contributed by atoms with van der Waals surface area (Å²) in [6.45, 7) is 0.486. The van der Waals surface area contributed by atoms with E-state index in [0.29, 0.717) is 36.1 Å². The quantitative estimate of drug-likeness (QED) is 0.0252. The minimum atomic E-state index is -5.46. The number of aryl methyl sites for hydroxylation is 1. The number of aromatic nitrogens is 3. The largest absolute Gasteiger partial charge is 0.708 e. The van der Waals surface area contributed by atoms with Crippen molar-refractivity contribution in [2.24, 2.45) is 16.5 Å². The fraction of sp³-hybridized carbons (Fsp3) is 0.619. The van der Waals surface area contributed by atoms with Crippen LogP contribution in [0.1, 0.15) is 50.3 Å². The van der Waals surface area contributed by atoms with Gasteiger partial charge in [-0.2, -0.15) is 4.31 Å². The highest BCUT2D eigenvalue weighted by molar-refractivity contribution is 7.64. The molecule has 0 aromatic carbocycles. The number of carbonyl (C=O) groups excluding carboxylic acids is 1.